The second kappa shape index (κ2) is 7.30. The Kier molecular flexibility index (Phi) is 7.58. The Balaban J connectivity index is 0.00000256. The minimum Gasteiger partial charge on any atom is -0.547 e. The summed E-state index contributed by atoms with van der Waals surface area (Å²) in [7, 11) is 0. The van der Waals surface area contributed by atoms with Crippen LogP contribution in [-0.2, 0) is 9.53 Å². The molecule has 0 saturated carbocycles. The quantitative estimate of drug-likeness (QED) is 0.441. The number of thioether (sulfide) groups is 1. The third-order valence-corrected chi connectivity index (χ3v) is 3.41. The standard InChI is InChI=1S/C9H16O6S.Na/c1-3(2)16-9-6(12)4(10)5(11)7(15-9)8(13)14;/h3-7,9-12H,1-2H3,(H,13,14);/q;+1/p-1. The predicted octanol–water partition coefficient (Wildman–Crippen LogP) is -5.31. The molecule has 1 aliphatic rings. The van der Waals surface area contributed by atoms with Crippen LogP contribution in [0.5, 0.6) is 0 Å². The number of hydrogen-bond donors (Lipinski definition) is 3. The fourth-order valence-electron chi connectivity index (χ4n) is 1.42. The van der Waals surface area contributed by atoms with Crippen LogP contribution in [-0.4, -0.2) is 56.4 Å². The maximum Gasteiger partial charge on any atom is 1.00 e. The van der Waals surface area contributed by atoms with Crippen LogP contribution in [0, 0.1) is 0 Å². The maximum atomic E-state index is 10.7. The molecule has 1 saturated heterocycles. The molecule has 0 aliphatic carbocycles. The van der Waals surface area contributed by atoms with Gasteiger partial charge in [0.1, 0.15) is 29.9 Å². The summed E-state index contributed by atoms with van der Waals surface area (Å²) >= 11 is 1.18. The summed E-state index contributed by atoms with van der Waals surface area (Å²) in [5, 5.41) is 39.2. The first kappa shape index (κ1) is 17.7. The van der Waals surface area contributed by atoms with E-state index in [2.05, 4.69) is 0 Å². The van der Waals surface area contributed by atoms with Crippen molar-refractivity contribution in [2.75, 3.05) is 0 Å². The van der Waals surface area contributed by atoms with Gasteiger partial charge in [0.25, 0.3) is 0 Å². The number of aliphatic hydroxyl groups excluding tert-OH is 3. The van der Waals surface area contributed by atoms with Gasteiger partial charge >= 0.3 is 29.6 Å². The van der Waals surface area contributed by atoms with E-state index >= 15 is 0 Å². The van der Waals surface area contributed by atoms with Crippen LogP contribution < -0.4 is 34.7 Å². The van der Waals surface area contributed by atoms with Gasteiger partial charge in [-0.2, -0.15) is 0 Å². The summed E-state index contributed by atoms with van der Waals surface area (Å²) in [5.41, 5.74) is -0.888. The molecule has 0 bridgehead atoms. The van der Waals surface area contributed by atoms with Crippen molar-refractivity contribution in [3.63, 3.8) is 0 Å². The maximum absolute atomic E-state index is 10.7. The molecule has 5 unspecified atom stereocenters. The normalized spacial score (nSPS) is 37.6. The zero-order chi connectivity index (χ0) is 12.5. The topological polar surface area (TPSA) is 110 Å². The van der Waals surface area contributed by atoms with Crippen molar-refractivity contribution in [2.24, 2.45) is 0 Å². The summed E-state index contributed by atoms with van der Waals surface area (Å²) in [6.45, 7) is 3.68. The number of carboxylic acid groups (broad SMARTS) is 1. The Morgan fingerprint density at radius 1 is 1.24 bits per heavy atom. The second-order valence-corrected chi connectivity index (χ2v) is 5.58. The van der Waals surface area contributed by atoms with Crippen molar-refractivity contribution in [3.8, 4) is 0 Å². The van der Waals surface area contributed by atoms with Crippen molar-refractivity contribution in [3.05, 3.63) is 0 Å². The van der Waals surface area contributed by atoms with Crippen molar-refractivity contribution in [1.29, 1.82) is 0 Å². The summed E-state index contributed by atoms with van der Waals surface area (Å²) in [6.07, 6.45) is -6.16. The molecule has 1 heterocycles. The van der Waals surface area contributed by atoms with E-state index in [1.54, 1.807) is 0 Å². The number of aliphatic hydroxyl groups is 3. The van der Waals surface area contributed by atoms with Gasteiger partial charge in [-0.1, -0.05) is 13.8 Å². The van der Waals surface area contributed by atoms with Gasteiger partial charge in [-0.15, -0.1) is 11.8 Å². The van der Waals surface area contributed by atoms with E-state index in [0.717, 1.165) is 0 Å². The molecular formula is C9H15NaO6S. The van der Waals surface area contributed by atoms with Gasteiger partial charge in [0, 0.05) is 5.25 Å². The molecular weight excluding hydrogens is 259 g/mol. The van der Waals surface area contributed by atoms with Crippen molar-refractivity contribution >= 4 is 17.7 Å². The van der Waals surface area contributed by atoms with Crippen LogP contribution in [0.3, 0.4) is 0 Å². The Morgan fingerprint density at radius 3 is 2.18 bits per heavy atom. The largest absolute Gasteiger partial charge is 1.00 e. The number of ether oxygens (including phenoxy) is 1. The van der Waals surface area contributed by atoms with E-state index in [1.165, 1.54) is 11.8 Å². The number of aliphatic carboxylic acids is 1. The molecule has 0 spiro atoms. The average molecular weight is 274 g/mol. The van der Waals surface area contributed by atoms with Gasteiger partial charge in [-0.3, -0.25) is 0 Å². The fraction of sp³-hybridized carbons (Fsp3) is 0.889. The van der Waals surface area contributed by atoms with Crippen LogP contribution in [0.1, 0.15) is 13.8 Å². The summed E-state index contributed by atoms with van der Waals surface area (Å²) < 4.78 is 4.99. The molecule has 1 fully saturated rings. The summed E-state index contributed by atoms with van der Waals surface area (Å²) in [4.78, 5) is 10.7. The van der Waals surface area contributed by atoms with Crippen molar-refractivity contribution in [1.82, 2.24) is 0 Å². The van der Waals surface area contributed by atoms with Gasteiger partial charge in [-0.25, -0.2) is 0 Å². The van der Waals surface area contributed by atoms with E-state index < -0.39 is 35.8 Å². The van der Waals surface area contributed by atoms with Crippen molar-refractivity contribution < 1.29 is 59.5 Å². The van der Waals surface area contributed by atoms with Crippen LogP contribution >= 0.6 is 11.8 Å². The first-order chi connectivity index (χ1) is 7.34. The van der Waals surface area contributed by atoms with Crippen LogP contribution in [0.4, 0.5) is 0 Å². The zero-order valence-corrected chi connectivity index (χ0v) is 12.8. The molecule has 0 aromatic rings. The molecule has 94 valence electrons. The van der Waals surface area contributed by atoms with Gasteiger partial charge in [-0.05, 0) is 0 Å². The minimum atomic E-state index is -1.68. The van der Waals surface area contributed by atoms with Crippen molar-refractivity contribution in [2.45, 2.75) is 48.9 Å². The number of carbonyl (C=O) groups is 1. The molecule has 5 atom stereocenters. The van der Waals surface area contributed by atoms with E-state index in [4.69, 9.17) is 4.74 Å². The molecule has 6 nitrogen and oxygen atoms in total. The Morgan fingerprint density at radius 2 is 1.76 bits per heavy atom. The Labute approximate surface area is 126 Å². The van der Waals surface area contributed by atoms with Gasteiger partial charge < -0.3 is 30.0 Å². The van der Waals surface area contributed by atoms with Crippen LogP contribution in [0.15, 0.2) is 0 Å². The zero-order valence-electron chi connectivity index (χ0n) is 9.94. The van der Waals surface area contributed by atoms with E-state index in [9.17, 15) is 25.2 Å². The van der Waals surface area contributed by atoms with E-state index in [1.807, 2.05) is 13.8 Å². The Bertz CT molecular complexity index is 264. The molecule has 0 aromatic heterocycles. The van der Waals surface area contributed by atoms with E-state index in [-0.39, 0.29) is 34.8 Å². The first-order valence-electron chi connectivity index (χ1n) is 4.90. The Hall–Kier alpha value is 0.660. The second-order valence-electron chi connectivity index (χ2n) is 3.90. The van der Waals surface area contributed by atoms with Crippen LogP contribution in [0.2, 0.25) is 0 Å². The molecule has 0 amide bonds. The molecule has 3 N–H and O–H groups in total. The summed E-state index contributed by atoms with van der Waals surface area (Å²) in [6, 6.07) is 0. The summed E-state index contributed by atoms with van der Waals surface area (Å²) in [5.74, 6) is -1.60. The minimum absolute atomic E-state index is 0. The van der Waals surface area contributed by atoms with Gasteiger partial charge in [0.05, 0.1) is 5.97 Å². The molecule has 0 radical (unpaired) electrons. The average Bonchev–Trinajstić information content (AvgIpc) is 2.18. The molecule has 8 heteroatoms. The monoisotopic (exact) mass is 274 g/mol. The predicted molar refractivity (Wildman–Crippen MR) is 54.4 cm³/mol. The number of carboxylic acids is 1. The number of carbonyl (C=O) groups excluding carboxylic acids is 1. The smallest absolute Gasteiger partial charge is 0.547 e. The third kappa shape index (κ3) is 4.36. The van der Waals surface area contributed by atoms with Gasteiger partial charge in [0.15, 0.2) is 0 Å². The SMILES string of the molecule is CC(C)SC1OC(C(=O)[O-])C(O)C(O)C1O.[Na+]. The van der Waals surface area contributed by atoms with Gasteiger partial charge in [0.2, 0.25) is 0 Å². The molecule has 1 rings (SSSR count). The molecule has 0 aromatic carbocycles. The number of hydrogen-bond acceptors (Lipinski definition) is 7. The molecule has 17 heavy (non-hydrogen) atoms. The third-order valence-electron chi connectivity index (χ3n) is 2.21. The fourth-order valence-corrected chi connectivity index (χ4v) is 2.47. The molecule has 1 aliphatic heterocycles. The van der Waals surface area contributed by atoms with E-state index in [0.29, 0.717) is 0 Å². The first-order valence-corrected chi connectivity index (χ1v) is 5.85. The number of rotatable bonds is 3. The van der Waals surface area contributed by atoms with Crippen LogP contribution in [0.25, 0.3) is 0 Å².